The van der Waals surface area contributed by atoms with Gasteiger partial charge in [-0.05, 0) is 40.7 Å². The summed E-state index contributed by atoms with van der Waals surface area (Å²) in [6, 6.07) is 4.48. The number of nitrogens with one attached hydrogen (secondary N) is 1. The van der Waals surface area contributed by atoms with Gasteiger partial charge in [-0.3, -0.25) is 0 Å². The fraction of sp³-hybridized carbons (Fsp3) is 0.273. The molecular weight excluding hydrogens is 287 g/mol. The minimum Gasteiger partial charge on any atom is -0.311 e. The molecule has 0 unspecified atom stereocenters. The Bertz CT molecular complexity index is 512. The predicted octanol–water partition coefficient (Wildman–Crippen LogP) is 2.28. The lowest BCUT2D eigenvalue weighted by atomic mass is 10.3. The van der Waals surface area contributed by atoms with Crippen LogP contribution in [0.5, 0.6) is 0 Å². The van der Waals surface area contributed by atoms with E-state index in [1.807, 2.05) is 6.92 Å². The van der Waals surface area contributed by atoms with Gasteiger partial charge in [-0.1, -0.05) is 12.1 Å². The molecule has 0 aliphatic heterocycles. The van der Waals surface area contributed by atoms with Gasteiger partial charge in [0.1, 0.15) is 5.82 Å². The van der Waals surface area contributed by atoms with E-state index < -0.39 is 0 Å². The van der Waals surface area contributed by atoms with Crippen molar-refractivity contribution in [2.45, 2.75) is 13.5 Å². The number of nitrogens with zero attached hydrogens (tertiary/aromatic N) is 3. The molecule has 0 spiro atoms. The molecular formula is C11H12BrFN4. The van der Waals surface area contributed by atoms with E-state index in [0.29, 0.717) is 11.0 Å². The van der Waals surface area contributed by atoms with Crippen molar-refractivity contribution in [2.24, 2.45) is 0 Å². The first kappa shape index (κ1) is 12.2. The summed E-state index contributed by atoms with van der Waals surface area (Å²) in [6.45, 7) is 3.57. The van der Waals surface area contributed by atoms with E-state index >= 15 is 0 Å². The van der Waals surface area contributed by atoms with Crippen LogP contribution in [0.1, 0.15) is 12.6 Å². The van der Waals surface area contributed by atoms with Gasteiger partial charge in [0.15, 0.2) is 0 Å². The Morgan fingerprint density at radius 1 is 1.47 bits per heavy atom. The Kier molecular flexibility index (Phi) is 3.86. The standard InChI is InChI=1S/C11H12BrFN4/c1-2-14-6-9-7-15-16-17(9)11-4-3-8(13)5-10(11)12/h3-5,7,14H,2,6H2,1H3. The Hall–Kier alpha value is -1.27. The summed E-state index contributed by atoms with van der Waals surface area (Å²) in [5.41, 5.74) is 1.70. The monoisotopic (exact) mass is 298 g/mol. The predicted molar refractivity (Wildman–Crippen MR) is 66.4 cm³/mol. The summed E-state index contributed by atoms with van der Waals surface area (Å²) in [6.07, 6.45) is 1.69. The van der Waals surface area contributed by atoms with Crippen LogP contribution < -0.4 is 5.32 Å². The normalized spacial score (nSPS) is 10.8. The topological polar surface area (TPSA) is 42.7 Å². The third-order valence-electron chi connectivity index (χ3n) is 2.31. The minimum atomic E-state index is -0.283. The molecule has 0 bridgehead atoms. The van der Waals surface area contributed by atoms with Crippen LogP contribution in [0.25, 0.3) is 5.69 Å². The molecule has 0 atom stereocenters. The molecule has 0 fully saturated rings. The highest BCUT2D eigenvalue weighted by atomic mass is 79.9. The van der Waals surface area contributed by atoms with Gasteiger partial charge >= 0.3 is 0 Å². The molecule has 2 rings (SSSR count). The van der Waals surface area contributed by atoms with Crippen LogP contribution in [0.4, 0.5) is 4.39 Å². The highest BCUT2D eigenvalue weighted by molar-refractivity contribution is 9.10. The maximum absolute atomic E-state index is 13.0. The van der Waals surface area contributed by atoms with Crippen molar-refractivity contribution in [1.29, 1.82) is 0 Å². The Morgan fingerprint density at radius 3 is 3.00 bits per heavy atom. The molecule has 0 aliphatic rings. The molecule has 6 heteroatoms. The second-order valence-corrected chi connectivity index (χ2v) is 4.37. The number of benzene rings is 1. The van der Waals surface area contributed by atoms with Crippen molar-refractivity contribution < 1.29 is 4.39 Å². The van der Waals surface area contributed by atoms with Gasteiger partial charge in [0.2, 0.25) is 0 Å². The SMILES string of the molecule is CCNCc1cnnn1-c1ccc(F)cc1Br. The molecule has 1 N–H and O–H groups in total. The van der Waals surface area contributed by atoms with Crippen molar-refractivity contribution in [3.05, 3.63) is 40.4 Å². The summed E-state index contributed by atoms with van der Waals surface area (Å²) in [4.78, 5) is 0. The van der Waals surface area contributed by atoms with Crippen LogP contribution in [0.2, 0.25) is 0 Å². The number of hydrogen-bond donors (Lipinski definition) is 1. The minimum absolute atomic E-state index is 0.283. The first-order valence-electron chi connectivity index (χ1n) is 5.28. The Labute approximate surface area is 107 Å². The van der Waals surface area contributed by atoms with Gasteiger partial charge in [0, 0.05) is 11.0 Å². The van der Waals surface area contributed by atoms with Crippen LogP contribution in [0, 0.1) is 5.82 Å². The zero-order chi connectivity index (χ0) is 12.3. The highest BCUT2D eigenvalue weighted by Gasteiger charge is 2.09. The number of rotatable bonds is 4. The molecule has 17 heavy (non-hydrogen) atoms. The van der Waals surface area contributed by atoms with Gasteiger partial charge < -0.3 is 5.32 Å². The largest absolute Gasteiger partial charge is 0.311 e. The molecule has 0 aliphatic carbocycles. The molecule has 1 aromatic carbocycles. The summed E-state index contributed by atoms with van der Waals surface area (Å²) >= 11 is 3.32. The third kappa shape index (κ3) is 2.70. The molecule has 1 aromatic heterocycles. The van der Waals surface area contributed by atoms with Crippen LogP contribution in [0.3, 0.4) is 0 Å². The lowest BCUT2D eigenvalue weighted by Crippen LogP contribution is -2.15. The highest BCUT2D eigenvalue weighted by Crippen LogP contribution is 2.22. The summed E-state index contributed by atoms with van der Waals surface area (Å²) < 4.78 is 15.3. The van der Waals surface area contributed by atoms with Crippen molar-refractivity contribution in [1.82, 2.24) is 20.3 Å². The molecule has 1 heterocycles. The summed E-state index contributed by atoms with van der Waals surface area (Å²) in [5.74, 6) is -0.283. The first-order chi connectivity index (χ1) is 8.22. The lowest BCUT2D eigenvalue weighted by Gasteiger charge is -2.08. The van der Waals surface area contributed by atoms with E-state index in [4.69, 9.17) is 0 Å². The Morgan fingerprint density at radius 2 is 2.29 bits per heavy atom. The zero-order valence-electron chi connectivity index (χ0n) is 9.32. The van der Waals surface area contributed by atoms with Crippen LogP contribution in [-0.2, 0) is 6.54 Å². The van der Waals surface area contributed by atoms with Crippen LogP contribution >= 0.6 is 15.9 Å². The summed E-state index contributed by atoms with van der Waals surface area (Å²) in [7, 11) is 0. The molecule has 2 aromatic rings. The second kappa shape index (κ2) is 5.37. The maximum atomic E-state index is 13.0. The summed E-state index contributed by atoms with van der Waals surface area (Å²) in [5, 5.41) is 11.1. The van der Waals surface area contributed by atoms with E-state index in [1.165, 1.54) is 12.1 Å². The van der Waals surface area contributed by atoms with Gasteiger partial charge in [0.05, 0.1) is 17.6 Å². The molecule has 0 saturated carbocycles. The van der Waals surface area contributed by atoms with E-state index in [9.17, 15) is 4.39 Å². The fourth-order valence-electron chi connectivity index (χ4n) is 1.49. The lowest BCUT2D eigenvalue weighted by molar-refractivity contribution is 0.624. The van der Waals surface area contributed by atoms with Crippen molar-refractivity contribution in [3.63, 3.8) is 0 Å². The average molecular weight is 299 g/mol. The molecule has 4 nitrogen and oxygen atoms in total. The van der Waals surface area contributed by atoms with E-state index in [0.717, 1.165) is 17.9 Å². The van der Waals surface area contributed by atoms with Crippen molar-refractivity contribution in [2.75, 3.05) is 6.54 Å². The third-order valence-corrected chi connectivity index (χ3v) is 2.95. The van der Waals surface area contributed by atoms with Crippen LogP contribution in [-0.4, -0.2) is 21.5 Å². The number of hydrogen-bond acceptors (Lipinski definition) is 3. The van der Waals surface area contributed by atoms with Crippen molar-refractivity contribution in [3.8, 4) is 5.69 Å². The second-order valence-electron chi connectivity index (χ2n) is 3.51. The van der Waals surface area contributed by atoms with Crippen molar-refractivity contribution >= 4 is 15.9 Å². The van der Waals surface area contributed by atoms with E-state index in [2.05, 4.69) is 31.6 Å². The average Bonchev–Trinajstić information content (AvgIpc) is 2.74. The molecule has 90 valence electrons. The van der Waals surface area contributed by atoms with Gasteiger partial charge in [-0.15, -0.1) is 5.10 Å². The van der Waals surface area contributed by atoms with E-state index in [1.54, 1.807) is 16.9 Å². The maximum Gasteiger partial charge on any atom is 0.124 e. The van der Waals surface area contributed by atoms with E-state index in [-0.39, 0.29) is 5.82 Å². The fourth-order valence-corrected chi connectivity index (χ4v) is 2.00. The molecule has 0 amide bonds. The first-order valence-corrected chi connectivity index (χ1v) is 6.07. The van der Waals surface area contributed by atoms with Gasteiger partial charge in [0.25, 0.3) is 0 Å². The zero-order valence-corrected chi connectivity index (χ0v) is 10.9. The van der Waals surface area contributed by atoms with Gasteiger partial charge in [-0.25, -0.2) is 9.07 Å². The molecule has 0 radical (unpaired) electrons. The number of aromatic nitrogens is 3. The molecule has 0 saturated heterocycles. The van der Waals surface area contributed by atoms with Gasteiger partial charge in [-0.2, -0.15) is 0 Å². The smallest absolute Gasteiger partial charge is 0.124 e. The Balaban J connectivity index is 2.35. The number of halogens is 2. The quantitative estimate of drug-likeness (QED) is 0.942. The van der Waals surface area contributed by atoms with Crippen LogP contribution in [0.15, 0.2) is 28.9 Å².